The van der Waals surface area contributed by atoms with Gasteiger partial charge < -0.3 is 5.32 Å². The van der Waals surface area contributed by atoms with Crippen LogP contribution < -0.4 is 10.7 Å². The number of nitrogens with zero attached hydrogens (tertiary/aromatic N) is 1. The minimum Gasteiger partial charge on any atom is -0.352 e. The lowest BCUT2D eigenvalue weighted by atomic mass is 10.2. The first-order valence-electron chi connectivity index (χ1n) is 6.91. The number of carbonyl (C=O) groups is 2. The van der Waals surface area contributed by atoms with E-state index in [2.05, 4.69) is 15.8 Å². The summed E-state index contributed by atoms with van der Waals surface area (Å²) in [6.45, 7) is 0.403. The van der Waals surface area contributed by atoms with Crippen LogP contribution in [0.2, 0.25) is 0 Å². The highest BCUT2D eigenvalue weighted by atomic mass is 16.2. The van der Waals surface area contributed by atoms with Crippen molar-refractivity contribution in [3.63, 3.8) is 0 Å². The molecule has 5 nitrogen and oxygen atoms in total. The second kappa shape index (κ2) is 8.36. The molecule has 0 atom stereocenters. The molecule has 0 spiro atoms. The van der Waals surface area contributed by atoms with Crippen LogP contribution in [0.3, 0.4) is 0 Å². The Bertz CT molecular complexity index is 639. The number of hydrazone groups is 1. The lowest BCUT2D eigenvalue weighted by molar-refractivity contribution is -0.129. The van der Waals surface area contributed by atoms with Crippen LogP contribution in [0.25, 0.3) is 0 Å². The van der Waals surface area contributed by atoms with Crippen LogP contribution in [0.15, 0.2) is 65.8 Å². The normalized spacial score (nSPS) is 10.4. The first-order chi connectivity index (χ1) is 10.7. The average Bonchev–Trinajstić information content (AvgIpc) is 2.55. The molecule has 0 aromatic heterocycles. The summed E-state index contributed by atoms with van der Waals surface area (Å²) < 4.78 is 0. The predicted octanol–water partition coefficient (Wildman–Crippen LogP) is 1.84. The molecule has 0 radical (unpaired) electrons. The summed E-state index contributed by atoms with van der Waals surface area (Å²) in [6, 6.07) is 18.9. The fraction of sp³-hybridized carbons (Fsp3) is 0.118. The van der Waals surface area contributed by atoms with Crippen molar-refractivity contribution in [3.8, 4) is 0 Å². The molecule has 0 saturated carbocycles. The van der Waals surface area contributed by atoms with Crippen LogP contribution in [0.4, 0.5) is 0 Å². The van der Waals surface area contributed by atoms with Gasteiger partial charge in [0.1, 0.15) is 6.42 Å². The smallest absolute Gasteiger partial charge is 0.249 e. The van der Waals surface area contributed by atoms with Crippen molar-refractivity contribution in [1.29, 1.82) is 0 Å². The Morgan fingerprint density at radius 1 is 0.909 bits per heavy atom. The number of hydrogen-bond donors (Lipinski definition) is 2. The molecular formula is C17H17N3O2. The molecule has 2 amide bonds. The molecule has 0 aliphatic carbocycles. The van der Waals surface area contributed by atoms with Gasteiger partial charge in [-0.15, -0.1) is 0 Å². The molecule has 2 N–H and O–H groups in total. The third kappa shape index (κ3) is 5.58. The topological polar surface area (TPSA) is 70.6 Å². The molecule has 0 fully saturated rings. The second-order valence-electron chi connectivity index (χ2n) is 4.64. The Morgan fingerprint density at radius 3 is 2.23 bits per heavy atom. The van der Waals surface area contributed by atoms with E-state index in [9.17, 15) is 9.59 Å². The van der Waals surface area contributed by atoms with E-state index in [0.29, 0.717) is 6.54 Å². The standard InChI is InChI=1S/C17H17N3O2/c21-16(18-12-14-7-3-1-4-8-14)11-17(22)20-19-13-15-9-5-2-6-10-15/h1-10,13H,11-12H2,(H,18,21)(H,20,22). The molecule has 5 heteroatoms. The lowest BCUT2D eigenvalue weighted by Gasteiger charge is -2.04. The Hall–Kier alpha value is -2.95. The van der Waals surface area contributed by atoms with Crippen molar-refractivity contribution in [3.05, 3.63) is 71.8 Å². The fourth-order valence-corrected chi connectivity index (χ4v) is 1.76. The number of benzene rings is 2. The molecule has 0 bridgehead atoms. The molecule has 2 aromatic rings. The van der Waals surface area contributed by atoms with Crippen LogP contribution in [0, 0.1) is 0 Å². The summed E-state index contributed by atoms with van der Waals surface area (Å²) in [7, 11) is 0. The molecule has 22 heavy (non-hydrogen) atoms. The monoisotopic (exact) mass is 295 g/mol. The quantitative estimate of drug-likeness (QED) is 0.485. The fourth-order valence-electron chi connectivity index (χ4n) is 1.76. The van der Waals surface area contributed by atoms with Crippen LogP contribution in [-0.4, -0.2) is 18.0 Å². The Morgan fingerprint density at radius 2 is 1.55 bits per heavy atom. The lowest BCUT2D eigenvalue weighted by Crippen LogP contribution is -2.29. The largest absolute Gasteiger partial charge is 0.352 e. The summed E-state index contributed by atoms with van der Waals surface area (Å²) in [5.74, 6) is -0.783. The zero-order valence-corrected chi connectivity index (χ0v) is 12.0. The van der Waals surface area contributed by atoms with Gasteiger partial charge in [-0.05, 0) is 11.1 Å². The van der Waals surface area contributed by atoms with Gasteiger partial charge in [-0.3, -0.25) is 9.59 Å². The van der Waals surface area contributed by atoms with E-state index in [-0.39, 0.29) is 12.3 Å². The van der Waals surface area contributed by atoms with Gasteiger partial charge in [0.25, 0.3) is 0 Å². The zero-order chi connectivity index (χ0) is 15.6. The number of rotatable bonds is 6. The van der Waals surface area contributed by atoms with E-state index in [1.807, 2.05) is 60.7 Å². The zero-order valence-electron chi connectivity index (χ0n) is 12.0. The number of nitrogens with one attached hydrogen (secondary N) is 2. The molecule has 0 unspecified atom stereocenters. The minimum absolute atomic E-state index is 0.251. The Labute approximate surface area is 129 Å². The van der Waals surface area contributed by atoms with Gasteiger partial charge in [0.2, 0.25) is 11.8 Å². The SMILES string of the molecule is O=C(CC(=O)NN=Cc1ccccc1)NCc1ccccc1. The molecule has 112 valence electrons. The van der Waals surface area contributed by atoms with E-state index in [1.54, 1.807) is 0 Å². The van der Waals surface area contributed by atoms with E-state index < -0.39 is 5.91 Å². The van der Waals surface area contributed by atoms with E-state index in [1.165, 1.54) is 6.21 Å². The third-order valence-electron chi connectivity index (χ3n) is 2.86. The highest BCUT2D eigenvalue weighted by molar-refractivity contribution is 5.97. The van der Waals surface area contributed by atoms with Crippen molar-refractivity contribution >= 4 is 18.0 Å². The molecule has 2 aromatic carbocycles. The van der Waals surface area contributed by atoms with Gasteiger partial charge in [0.05, 0.1) is 6.21 Å². The number of carbonyl (C=O) groups excluding carboxylic acids is 2. The van der Waals surface area contributed by atoms with Crippen LogP contribution in [0.1, 0.15) is 17.5 Å². The van der Waals surface area contributed by atoms with Crippen molar-refractivity contribution in [2.75, 3.05) is 0 Å². The van der Waals surface area contributed by atoms with Crippen molar-refractivity contribution < 1.29 is 9.59 Å². The van der Waals surface area contributed by atoms with Gasteiger partial charge in [0.15, 0.2) is 0 Å². The minimum atomic E-state index is -0.447. The first kappa shape index (κ1) is 15.4. The molecular weight excluding hydrogens is 278 g/mol. The van der Waals surface area contributed by atoms with Crippen LogP contribution >= 0.6 is 0 Å². The number of amides is 2. The third-order valence-corrected chi connectivity index (χ3v) is 2.86. The first-order valence-corrected chi connectivity index (χ1v) is 6.91. The Balaban J connectivity index is 1.70. The average molecular weight is 295 g/mol. The summed E-state index contributed by atoms with van der Waals surface area (Å²) in [5.41, 5.74) is 4.19. The maximum Gasteiger partial charge on any atom is 0.249 e. The summed E-state index contributed by atoms with van der Waals surface area (Å²) in [4.78, 5) is 23.2. The molecule has 2 rings (SSSR count). The van der Waals surface area contributed by atoms with Crippen LogP contribution in [0.5, 0.6) is 0 Å². The van der Waals surface area contributed by atoms with Gasteiger partial charge in [-0.25, -0.2) is 5.43 Å². The van der Waals surface area contributed by atoms with E-state index >= 15 is 0 Å². The Kier molecular flexibility index (Phi) is 5.87. The van der Waals surface area contributed by atoms with Gasteiger partial charge in [0, 0.05) is 6.54 Å². The van der Waals surface area contributed by atoms with E-state index in [0.717, 1.165) is 11.1 Å². The molecule has 0 heterocycles. The van der Waals surface area contributed by atoms with Gasteiger partial charge in [-0.2, -0.15) is 5.10 Å². The summed E-state index contributed by atoms with van der Waals surface area (Å²) in [6.07, 6.45) is 1.28. The maximum absolute atomic E-state index is 11.6. The summed E-state index contributed by atoms with van der Waals surface area (Å²) in [5, 5.41) is 6.49. The molecule has 0 aliphatic rings. The van der Waals surface area contributed by atoms with Crippen molar-refractivity contribution in [2.45, 2.75) is 13.0 Å². The second-order valence-corrected chi connectivity index (χ2v) is 4.64. The van der Waals surface area contributed by atoms with E-state index in [4.69, 9.17) is 0 Å². The van der Waals surface area contributed by atoms with Crippen molar-refractivity contribution in [2.24, 2.45) is 5.10 Å². The highest BCUT2D eigenvalue weighted by Crippen LogP contribution is 1.97. The highest BCUT2D eigenvalue weighted by Gasteiger charge is 2.07. The maximum atomic E-state index is 11.6. The van der Waals surface area contributed by atoms with Gasteiger partial charge in [-0.1, -0.05) is 60.7 Å². The molecule has 0 aliphatic heterocycles. The van der Waals surface area contributed by atoms with Gasteiger partial charge >= 0.3 is 0 Å². The summed E-state index contributed by atoms with van der Waals surface area (Å²) >= 11 is 0. The predicted molar refractivity (Wildman–Crippen MR) is 85.1 cm³/mol. The van der Waals surface area contributed by atoms with Crippen molar-refractivity contribution in [1.82, 2.24) is 10.7 Å². The number of hydrogen-bond acceptors (Lipinski definition) is 3. The molecule has 0 saturated heterocycles. The van der Waals surface area contributed by atoms with Crippen LogP contribution in [-0.2, 0) is 16.1 Å².